The lowest BCUT2D eigenvalue weighted by Crippen LogP contribution is -2.21. The molecule has 0 aliphatic rings. The van der Waals surface area contributed by atoms with E-state index in [0.717, 1.165) is 10.9 Å². The molecular weight excluding hydrogens is 260 g/mol. The van der Waals surface area contributed by atoms with Crippen LogP contribution in [0, 0.1) is 0 Å². The fourth-order valence-electron chi connectivity index (χ4n) is 2.84. The first-order chi connectivity index (χ1) is 9.99. The van der Waals surface area contributed by atoms with Crippen LogP contribution in [0.5, 0.6) is 0 Å². The fourth-order valence-corrected chi connectivity index (χ4v) is 2.84. The van der Waals surface area contributed by atoms with Crippen molar-refractivity contribution in [3.05, 3.63) is 47.7 Å². The van der Waals surface area contributed by atoms with Crippen LogP contribution in [0.25, 0.3) is 21.7 Å². The minimum atomic E-state index is 0.00128. The molecule has 0 bridgehead atoms. The summed E-state index contributed by atoms with van der Waals surface area (Å²) in [5.41, 5.74) is 2.98. The van der Waals surface area contributed by atoms with Gasteiger partial charge in [0.25, 0.3) is 5.91 Å². The molecule has 0 aliphatic carbocycles. The smallest absolute Gasteiger partial charge is 0.269 e. The first kappa shape index (κ1) is 13.7. The molecule has 3 heteroatoms. The number of fused-ring (bicyclic) bond motifs is 3. The van der Waals surface area contributed by atoms with Gasteiger partial charge in [-0.15, -0.1) is 0 Å². The first-order valence-corrected chi connectivity index (χ1v) is 7.25. The van der Waals surface area contributed by atoms with Crippen LogP contribution < -0.4 is 0 Å². The summed E-state index contributed by atoms with van der Waals surface area (Å²) < 4.78 is 0. The number of carbonyl (C=O) groups is 1. The van der Waals surface area contributed by atoms with Crippen LogP contribution in [0.4, 0.5) is 0 Å². The average Bonchev–Trinajstić information content (AvgIpc) is 2.89. The molecule has 0 fully saturated rings. The van der Waals surface area contributed by atoms with Gasteiger partial charge in [0, 0.05) is 25.0 Å². The summed E-state index contributed by atoms with van der Waals surface area (Å²) in [6, 6.07) is 12.5. The third-order valence-electron chi connectivity index (χ3n) is 3.93. The highest BCUT2D eigenvalue weighted by Gasteiger charge is 2.15. The van der Waals surface area contributed by atoms with Crippen molar-refractivity contribution in [3.8, 4) is 0 Å². The molecule has 1 aromatic heterocycles. The summed E-state index contributed by atoms with van der Waals surface area (Å²) in [4.78, 5) is 17.0. The van der Waals surface area contributed by atoms with Crippen molar-refractivity contribution in [2.24, 2.45) is 0 Å². The zero-order valence-corrected chi connectivity index (χ0v) is 12.9. The number of hydrogen-bond acceptors (Lipinski definition) is 1. The minimum Gasteiger partial charge on any atom is -0.350 e. The van der Waals surface area contributed by atoms with Crippen LogP contribution in [0.2, 0.25) is 0 Å². The van der Waals surface area contributed by atoms with Gasteiger partial charge in [0.05, 0.1) is 0 Å². The molecule has 0 saturated heterocycles. The Morgan fingerprint density at radius 3 is 2.33 bits per heavy atom. The predicted octanol–water partition coefficient (Wildman–Crippen LogP) is 4.15. The van der Waals surface area contributed by atoms with Gasteiger partial charge in [-0.05, 0) is 34.4 Å². The van der Waals surface area contributed by atoms with Crippen molar-refractivity contribution in [1.82, 2.24) is 9.88 Å². The summed E-state index contributed by atoms with van der Waals surface area (Å²) in [6.07, 6.45) is 0. The first-order valence-electron chi connectivity index (χ1n) is 7.25. The maximum absolute atomic E-state index is 12.2. The Hall–Kier alpha value is -2.29. The van der Waals surface area contributed by atoms with Crippen LogP contribution in [-0.4, -0.2) is 29.9 Å². The Labute approximate surface area is 124 Å². The summed E-state index contributed by atoms with van der Waals surface area (Å²) >= 11 is 0. The highest BCUT2D eigenvalue weighted by Crippen LogP contribution is 2.32. The summed E-state index contributed by atoms with van der Waals surface area (Å²) in [5.74, 6) is 0.442. The highest BCUT2D eigenvalue weighted by atomic mass is 16.2. The van der Waals surface area contributed by atoms with Crippen LogP contribution in [0.1, 0.15) is 35.8 Å². The number of aromatic nitrogens is 1. The van der Waals surface area contributed by atoms with Crippen LogP contribution in [0.15, 0.2) is 36.4 Å². The van der Waals surface area contributed by atoms with E-state index < -0.39 is 0 Å². The molecule has 0 aliphatic heterocycles. The number of carbonyl (C=O) groups excluding carboxylic acids is 1. The molecule has 0 unspecified atom stereocenters. The monoisotopic (exact) mass is 280 g/mol. The average molecular weight is 280 g/mol. The Balaban J connectivity index is 2.35. The lowest BCUT2D eigenvalue weighted by atomic mass is 9.94. The van der Waals surface area contributed by atoms with E-state index in [1.165, 1.54) is 16.3 Å². The summed E-state index contributed by atoms with van der Waals surface area (Å²) in [5, 5.41) is 3.58. The zero-order valence-electron chi connectivity index (χ0n) is 12.9. The highest BCUT2D eigenvalue weighted by molar-refractivity contribution is 6.11. The number of rotatable bonds is 2. The molecule has 21 heavy (non-hydrogen) atoms. The van der Waals surface area contributed by atoms with Crippen molar-refractivity contribution in [1.29, 1.82) is 0 Å². The number of nitrogens with zero attached hydrogens (tertiary/aromatic N) is 1. The third-order valence-corrected chi connectivity index (χ3v) is 3.93. The fraction of sp³-hybridized carbons (Fsp3) is 0.278. The lowest BCUT2D eigenvalue weighted by Gasteiger charge is -2.11. The maximum atomic E-state index is 12.2. The summed E-state index contributed by atoms with van der Waals surface area (Å²) in [6.45, 7) is 4.39. The Bertz CT molecular complexity index is 828. The van der Waals surface area contributed by atoms with Crippen molar-refractivity contribution in [2.45, 2.75) is 19.8 Å². The maximum Gasteiger partial charge on any atom is 0.269 e. The second kappa shape index (κ2) is 4.92. The number of benzene rings is 2. The van der Waals surface area contributed by atoms with Crippen molar-refractivity contribution >= 4 is 27.6 Å². The van der Waals surface area contributed by atoms with E-state index in [1.54, 1.807) is 19.0 Å². The van der Waals surface area contributed by atoms with Gasteiger partial charge in [0.2, 0.25) is 0 Å². The molecule has 3 aromatic rings. The molecule has 2 aromatic carbocycles. The van der Waals surface area contributed by atoms with Gasteiger partial charge < -0.3 is 9.88 Å². The van der Waals surface area contributed by atoms with Gasteiger partial charge in [0.15, 0.2) is 0 Å². The molecule has 3 rings (SSSR count). The normalized spacial score (nSPS) is 11.5. The number of H-pyrrole nitrogens is 1. The van der Waals surface area contributed by atoms with Crippen LogP contribution in [-0.2, 0) is 0 Å². The van der Waals surface area contributed by atoms with Crippen molar-refractivity contribution < 1.29 is 4.79 Å². The van der Waals surface area contributed by atoms with E-state index in [0.29, 0.717) is 11.6 Å². The lowest BCUT2D eigenvalue weighted by molar-refractivity contribution is 0.0823. The van der Waals surface area contributed by atoms with Gasteiger partial charge in [0.1, 0.15) is 5.69 Å². The Kier molecular flexibility index (Phi) is 3.20. The standard InChI is InChI=1S/C18H20N2O/c1-11(2)14-9-16-15(13-8-6-5-7-12(13)14)10-17(19-16)18(21)20(3)4/h5-11,19H,1-4H3. The van der Waals surface area contributed by atoms with Gasteiger partial charge in [-0.3, -0.25) is 4.79 Å². The Morgan fingerprint density at radius 1 is 1.05 bits per heavy atom. The van der Waals surface area contributed by atoms with Gasteiger partial charge in [-0.25, -0.2) is 0 Å². The number of aromatic amines is 1. The topological polar surface area (TPSA) is 36.1 Å². The summed E-state index contributed by atoms with van der Waals surface area (Å²) in [7, 11) is 3.54. The van der Waals surface area contributed by atoms with E-state index in [1.807, 2.05) is 12.1 Å². The largest absolute Gasteiger partial charge is 0.350 e. The third kappa shape index (κ3) is 2.19. The van der Waals surface area contributed by atoms with Crippen LogP contribution >= 0.6 is 0 Å². The van der Waals surface area contributed by atoms with Crippen molar-refractivity contribution in [3.63, 3.8) is 0 Å². The second-order valence-corrected chi connectivity index (χ2v) is 6.01. The molecule has 1 heterocycles. The van der Waals surface area contributed by atoms with Gasteiger partial charge in [-0.1, -0.05) is 38.1 Å². The van der Waals surface area contributed by atoms with E-state index in [9.17, 15) is 4.79 Å². The number of hydrogen-bond donors (Lipinski definition) is 1. The molecule has 0 saturated carbocycles. The quantitative estimate of drug-likeness (QED) is 0.752. The minimum absolute atomic E-state index is 0.00128. The van der Waals surface area contributed by atoms with E-state index in [-0.39, 0.29) is 5.91 Å². The molecule has 0 spiro atoms. The molecule has 1 amide bonds. The molecule has 0 atom stereocenters. The van der Waals surface area contributed by atoms with Crippen molar-refractivity contribution in [2.75, 3.05) is 14.1 Å². The van der Waals surface area contributed by atoms with E-state index in [2.05, 4.69) is 43.1 Å². The number of amides is 1. The Morgan fingerprint density at radius 2 is 1.71 bits per heavy atom. The predicted molar refractivity (Wildman–Crippen MR) is 87.9 cm³/mol. The van der Waals surface area contributed by atoms with E-state index >= 15 is 0 Å². The SMILES string of the molecule is CC(C)c1cc2[nH]c(C(=O)N(C)C)cc2c2ccccc12. The second-order valence-electron chi connectivity index (χ2n) is 6.01. The molecule has 3 nitrogen and oxygen atoms in total. The molecule has 1 N–H and O–H groups in total. The van der Waals surface area contributed by atoms with Crippen LogP contribution in [0.3, 0.4) is 0 Å². The molecular formula is C18H20N2O. The number of nitrogens with one attached hydrogen (secondary N) is 1. The van der Waals surface area contributed by atoms with Gasteiger partial charge >= 0.3 is 0 Å². The zero-order chi connectivity index (χ0) is 15.1. The molecule has 108 valence electrons. The van der Waals surface area contributed by atoms with E-state index in [4.69, 9.17) is 0 Å². The van der Waals surface area contributed by atoms with Gasteiger partial charge in [-0.2, -0.15) is 0 Å². The molecule has 0 radical (unpaired) electrons.